The van der Waals surface area contributed by atoms with E-state index in [0.717, 1.165) is 13.1 Å². The van der Waals surface area contributed by atoms with Gasteiger partial charge in [0.25, 0.3) is 0 Å². The third kappa shape index (κ3) is 2.17. The van der Waals surface area contributed by atoms with E-state index in [2.05, 4.69) is 38.7 Å². The first-order chi connectivity index (χ1) is 8.30. The van der Waals surface area contributed by atoms with Crippen LogP contribution in [0.2, 0.25) is 0 Å². The van der Waals surface area contributed by atoms with E-state index in [0.29, 0.717) is 0 Å². The van der Waals surface area contributed by atoms with Crippen LogP contribution >= 0.6 is 11.6 Å². The summed E-state index contributed by atoms with van der Waals surface area (Å²) in [5, 5.41) is 1.97. The van der Waals surface area contributed by atoms with Crippen LogP contribution in [0, 0.1) is 0 Å². The van der Waals surface area contributed by atoms with Crippen LogP contribution in [-0.4, -0.2) is 46.6 Å². The minimum atomic E-state index is -0.216. The molecule has 2 heterocycles. The van der Waals surface area contributed by atoms with E-state index in [1.54, 1.807) is 7.11 Å². The van der Waals surface area contributed by atoms with Crippen molar-refractivity contribution in [3.63, 3.8) is 0 Å². The van der Waals surface area contributed by atoms with Crippen molar-refractivity contribution in [2.75, 3.05) is 20.2 Å². The molecule has 0 amide bonds. The fourth-order valence-electron chi connectivity index (χ4n) is 3.40. The van der Waals surface area contributed by atoms with E-state index in [4.69, 9.17) is 16.4 Å². The number of likely N-dealkylation sites (tertiary alicyclic amines) is 1. The molecule has 1 fully saturated rings. The quantitative estimate of drug-likeness (QED) is 0.719. The van der Waals surface area contributed by atoms with Crippen LogP contribution in [0.25, 0.3) is 0 Å². The molecule has 0 spiro atoms. The van der Waals surface area contributed by atoms with E-state index in [-0.39, 0.29) is 16.5 Å². The van der Waals surface area contributed by atoms with Gasteiger partial charge in [0.1, 0.15) is 0 Å². The number of hydrogen-bond donors (Lipinski definition) is 0. The summed E-state index contributed by atoms with van der Waals surface area (Å²) in [6.07, 6.45) is 4.82. The molecule has 1 unspecified atom stereocenters. The predicted octanol–water partition coefficient (Wildman–Crippen LogP) is 3.01. The van der Waals surface area contributed by atoms with Crippen LogP contribution in [-0.2, 0) is 4.84 Å². The lowest BCUT2D eigenvalue weighted by Crippen LogP contribution is -2.62. The molecule has 0 N–H and O–H groups in total. The van der Waals surface area contributed by atoms with Gasteiger partial charge in [-0.2, -0.15) is 5.06 Å². The molecule has 104 valence electrons. The van der Waals surface area contributed by atoms with Crippen molar-refractivity contribution in [1.29, 1.82) is 0 Å². The Kier molecular flexibility index (Phi) is 3.69. The van der Waals surface area contributed by atoms with E-state index in [1.165, 1.54) is 18.5 Å². The fraction of sp³-hybridized carbons (Fsp3) is 0.857. The molecule has 0 aliphatic carbocycles. The smallest absolute Gasteiger partial charge is 0.0932 e. The summed E-state index contributed by atoms with van der Waals surface area (Å²) in [5.74, 6) is 0. The third-order valence-corrected chi connectivity index (χ3v) is 4.84. The standard InChI is InChI=1S/C14H25ClN2O/c1-13(2)10-11(16-8-6-7-9-16)12(15)14(3,4)17(13)18-5/h10,12H,6-9H2,1-5H3. The number of hydroxylamine groups is 2. The van der Waals surface area contributed by atoms with Gasteiger partial charge in [-0.3, -0.25) is 0 Å². The van der Waals surface area contributed by atoms with Crippen LogP contribution in [0.15, 0.2) is 11.8 Å². The van der Waals surface area contributed by atoms with Crippen LogP contribution in [0.3, 0.4) is 0 Å². The number of nitrogens with zero attached hydrogens (tertiary/aromatic N) is 2. The van der Waals surface area contributed by atoms with Gasteiger partial charge in [0.2, 0.25) is 0 Å². The molecule has 2 aliphatic rings. The average Bonchev–Trinajstić information content (AvgIpc) is 2.76. The molecule has 1 saturated heterocycles. The highest BCUT2D eigenvalue weighted by Crippen LogP contribution is 2.42. The topological polar surface area (TPSA) is 15.7 Å². The van der Waals surface area contributed by atoms with Crippen LogP contribution in [0.1, 0.15) is 40.5 Å². The first-order valence-corrected chi connectivity index (χ1v) is 7.20. The number of hydrogen-bond acceptors (Lipinski definition) is 3. The van der Waals surface area contributed by atoms with E-state index in [1.807, 2.05) is 5.06 Å². The molecule has 2 rings (SSSR count). The van der Waals surface area contributed by atoms with Crippen molar-refractivity contribution in [1.82, 2.24) is 9.96 Å². The predicted molar refractivity (Wildman–Crippen MR) is 75.5 cm³/mol. The van der Waals surface area contributed by atoms with Crippen LogP contribution in [0.5, 0.6) is 0 Å². The minimum absolute atomic E-state index is 0.0384. The first-order valence-electron chi connectivity index (χ1n) is 6.77. The van der Waals surface area contributed by atoms with Gasteiger partial charge in [-0.15, -0.1) is 11.6 Å². The van der Waals surface area contributed by atoms with Crippen molar-refractivity contribution in [3.8, 4) is 0 Å². The fourth-order valence-corrected chi connectivity index (χ4v) is 3.69. The van der Waals surface area contributed by atoms with Gasteiger partial charge < -0.3 is 9.74 Å². The van der Waals surface area contributed by atoms with E-state index in [9.17, 15) is 0 Å². The van der Waals surface area contributed by atoms with Crippen molar-refractivity contribution in [2.45, 2.75) is 57.0 Å². The number of rotatable bonds is 2. The Morgan fingerprint density at radius 2 is 1.78 bits per heavy atom. The van der Waals surface area contributed by atoms with Gasteiger partial charge in [-0.1, -0.05) is 0 Å². The molecule has 4 heteroatoms. The molecule has 0 radical (unpaired) electrons. The third-order valence-electron chi connectivity index (χ3n) is 4.08. The monoisotopic (exact) mass is 272 g/mol. The van der Waals surface area contributed by atoms with E-state index < -0.39 is 0 Å². The summed E-state index contributed by atoms with van der Waals surface area (Å²) in [6.45, 7) is 10.9. The highest BCUT2D eigenvalue weighted by Gasteiger charge is 2.49. The van der Waals surface area contributed by atoms with Gasteiger partial charge in [0, 0.05) is 18.8 Å². The molecular formula is C14H25ClN2O. The zero-order valence-electron chi connectivity index (χ0n) is 12.2. The lowest BCUT2D eigenvalue weighted by atomic mass is 9.84. The molecule has 1 atom stereocenters. The first kappa shape index (κ1) is 14.2. The lowest BCUT2D eigenvalue weighted by Gasteiger charge is -2.52. The zero-order chi connectivity index (χ0) is 13.6. The maximum absolute atomic E-state index is 6.72. The van der Waals surface area contributed by atoms with Crippen molar-refractivity contribution in [2.24, 2.45) is 0 Å². The van der Waals surface area contributed by atoms with Crippen molar-refractivity contribution >= 4 is 11.6 Å². The lowest BCUT2D eigenvalue weighted by molar-refractivity contribution is -0.239. The molecule has 0 aromatic rings. The molecule has 0 aromatic carbocycles. The second-order valence-electron chi connectivity index (χ2n) is 6.41. The maximum Gasteiger partial charge on any atom is 0.0932 e. The van der Waals surface area contributed by atoms with Crippen molar-refractivity contribution < 1.29 is 4.84 Å². The largest absolute Gasteiger partial charge is 0.374 e. The van der Waals surface area contributed by atoms with Crippen LogP contribution < -0.4 is 0 Å². The summed E-state index contributed by atoms with van der Waals surface area (Å²) in [4.78, 5) is 8.03. The highest BCUT2D eigenvalue weighted by atomic mass is 35.5. The Bertz CT molecular complexity index is 346. The summed E-state index contributed by atoms with van der Waals surface area (Å²) in [7, 11) is 1.72. The zero-order valence-corrected chi connectivity index (χ0v) is 12.9. The van der Waals surface area contributed by atoms with E-state index >= 15 is 0 Å². The Balaban J connectivity index is 2.38. The molecule has 3 nitrogen and oxygen atoms in total. The normalized spacial score (nSPS) is 31.6. The van der Waals surface area contributed by atoms with Crippen molar-refractivity contribution in [3.05, 3.63) is 11.8 Å². The molecule has 0 saturated carbocycles. The number of halogens is 1. The summed E-state index contributed by atoms with van der Waals surface area (Å²) in [6, 6.07) is 0. The number of alkyl halides is 1. The Morgan fingerprint density at radius 3 is 2.28 bits per heavy atom. The second kappa shape index (κ2) is 4.69. The Hall–Kier alpha value is -0.250. The molecule has 0 bridgehead atoms. The average molecular weight is 273 g/mol. The summed E-state index contributed by atoms with van der Waals surface area (Å²) < 4.78 is 0. The molecule has 0 aromatic heterocycles. The van der Waals surface area contributed by atoms with Gasteiger partial charge >= 0.3 is 0 Å². The second-order valence-corrected chi connectivity index (χ2v) is 6.85. The summed E-state index contributed by atoms with van der Waals surface area (Å²) >= 11 is 6.72. The Labute approximate surface area is 116 Å². The molecular weight excluding hydrogens is 248 g/mol. The van der Waals surface area contributed by atoms with Gasteiger partial charge in [0.05, 0.1) is 23.6 Å². The van der Waals surface area contributed by atoms with Gasteiger partial charge in [-0.25, -0.2) is 0 Å². The minimum Gasteiger partial charge on any atom is -0.374 e. The highest BCUT2D eigenvalue weighted by molar-refractivity contribution is 6.23. The van der Waals surface area contributed by atoms with Gasteiger partial charge in [-0.05, 0) is 46.6 Å². The Morgan fingerprint density at radius 1 is 1.22 bits per heavy atom. The SMILES string of the molecule is CON1C(C)(C)C=C(N2CCCC2)C(Cl)C1(C)C. The maximum atomic E-state index is 6.72. The van der Waals surface area contributed by atoms with Crippen LogP contribution in [0.4, 0.5) is 0 Å². The molecule has 18 heavy (non-hydrogen) atoms. The van der Waals surface area contributed by atoms with Gasteiger partial charge in [0.15, 0.2) is 0 Å². The molecule has 2 aliphatic heterocycles. The summed E-state index contributed by atoms with van der Waals surface area (Å²) in [5.41, 5.74) is 0.922.